The number of amides is 1. The maximum Gasteiger partial charge on any atom is 0.271 e. The summed E-state index contributed by atoms with van der Waals surface area (Å²) < 4.78 is 7.70. The monoisotopic (exact) mass is 548 g/mol. The lowest BCUT2D eigenvalue weighted by Gasteiger charge is -2.11. The van der Waals surface area contributed by atoms with E-state index in [1.54, 1.807) is 24.3 Å². The van der Waals surface area contributed by atoms with E-state index in [1.165, 1.54) is 0 Å². The molecular formula is C23H19Br2ClN2O2. The number of ether oxygens (including phenoxy) is 1. The minimum atomic E-state index is -0.278. The van der Waals surface area contributed by atoms with Gasteiger partial charge in [0.05, 0.1) is 14.7 Å². The zero-order valence-corrected chi connectivity index (χ0v) is 20.3. The van der Waals surface area contributed by atoms with Gasteiger partial charge >= 0.3 is 0 Å². The number of benzene rings is 3. The van der Waals surface area contributed by atoms with Crippen LogP contribution in [0.4, 0.5) is 0 Å². The van der Waals surface area contributed by atoms with Gasteiger partial charge in [0.25, 0.3) is 5.91 Å². The summed E-state index contributed by atoms with van der Waals surface area (Å²) in [5.74, 6) is 0.467. The molecule has 0 aromatic heterocycles. The average molecular weight is 551 g/mol. The van der Waals surface area contributed by atoms with Gasteiger partial charge in [-0.2, -0.15) is 5.10 Å². The Bertz CT molecular complexity index is 1060. The van der Waals surface area contributed by atoms with Crippen LogP contribution in [0.1, 0.15) is 34.0 Å². The number of carbonyl (C=O) groups excluding carboxylic acids is 1. The Hall–Kier alpha value is -2.15. The number of aryl methyl sites for hydroxylation is 1. The lowest BCUT2D eigenvalue weighted by Crippen LogP contribution is -2.19. The van der Waals surface area contributed by atoms with Crippen LogP contribution in [-0.2, 0) is 6.61 Å². The number of halogens is 3. The molecule has 0 atom stereocenters. The van der Waals surface area contributed by atoms with Gasteiger partial charge in [-0.15, -0.1) is 0 Å². The minimum Gasteiger partial charge on any atom is -0.487 e. The van der Waals surface area contributed by atoms with Crippen molar-refractivity contribution in [3.05, 3.63) is 96.9 Å². The fourth-order valence-electron chi connectivity index (χ4n) is 2.69. The zero-order valence-electron chi connectivity index (χ0n) is 16.4. The third kappa shape index (κ3) is 5.94. The second-order valence-electron chi connectivity index (χ2n) is 6.69. The molecule has 0 saturated heterocycles. The van der Waals surface area contributed by atoms with E-state index in [0.29, 0.717) is 22.9 Å². The molecular weight excluding hydrogens is 532 g/mol. The van der Waals surface area contributed by atoms with Gasteiger partial charge in [-0.3, -0.25) is 4.79 Å². The van der Waals surface area contributed by atoms with E-state index in [4.69, 9.17) is 16.3 Å². The lowest BCUT2D eigenvalue weighted by atomic mass is 10.1. The van der Waals surface area contributed by atoms with Crippen molar-refractivity contribution in [2.45, 2.75) is 20.5 Å². The van der Waals surface area contributed by atoms with E-state index in [1.807, 2.05) is 50.2 Å². The number of hydrogen-bond donors (Lipinski definition) is 1. The first-order chi connectivity index (χ1) is 14.3. The standard InChI is InChI=1S/C23H19Br2ClN2O2/c1-14-11-20(24)22(21(25)12-14)30-13-16-3-5-18(6-4-16)23(29)28-27-15(2)17-7-9-19(26)10-8-17/h3-12H,13H2,1-2H3,(H,28,29)/b27-15+. The topological polar surface area (TPSA) is 50.7 Å². The molecule has 7 heteroatoms. The molecule has 0 radical (unpaired) electrons. The molecule has 0 unspecified atom stereocenters. The van der Waals surface area contributed by atoms with Crippen LogP contribution in [0.25, 0.3) is 0 Å². The first-order valence-electron chi connectivity index (χ1n) is 9.11. The number of hydrazone groups is 1. The third-order valence-corrected chi connectivity index (χ3v) is 5.76. The molecule has 4 nitrogen and oxygen atoms in total. The summed E-state index contributed by atoms with van der Waals surface area (Å²) in [7, 11) is 0. The fourth-order valence-corrected chi connectivity index (χ4v) is 4.46. The van der Waals surface area contributed by atoms with Crippen molar-refractivity contribution in [2.75, 3.05) is 0 Å². The average Bonchev–Trinajstić information content (AvgIpc) is 2.72. The summed E-state index contributed by atoms with van der Waals surface area (Å²) in [5, 5.41) is 4.82. The Morgan fingerprint density at radius 3 is 2.17 bits per heavy atom. The largest absolute Gasteiger partial charge is 0.487 e. The van der Waals surface area contributed by atoms with Crippen LogP contribution in [0.5, 0.6) is 5.75 Å². The Morgan fingerprint density at radius 1 is 1.00 bits per heavy atom. The van der Waals surface area contributed by atoms with Crippen LogP contribution in [0.2, 0.25) is 5.02 Å². The second kappa shape index (κ2) is 10.2. The van der Waals surface area contributed by atoms with Crippen LogP contribution >= 0.6 is 43.5 Å². The Kier molecular flexibility index (Phi) is 7.69. The van der Waals surface area contributed by atoms with Crippen LogP contribution in [0, 0.1) is 6.92 Å². The first kappa shape index (κ1) is 22.5. The number of carbonyl (C=O) groups is 1. The van der Waals surface area contributed by atoms with Gasteiger partial charge in [0.1, 0.15) is 12.4 Å². The number of nitrogens with zero attached hydrogens (tertiary/aromatic N) is 1. The quantitative estimate of drug-likeness (QED) is 0.268. The maximum absolute atomic E-state index is 12.4. The molecule has 3 aromatic carbocycles. The molecule has 1 amide bonds. The van der Waals surface area contributed by atoms with Crippen molar-refractivity contribution in [3.8, 4) is 5.75 Å². The minimum absolute atomic E-state index is 0.278. The van der Waals surface area contributed by atoms with Gasteiger partial charge in [-0.1, -0.05) is 35.9 Å². The van der Waals surface area contributed by atoms with Crippen LogP contribution in [0.3, 0.4) is 0 Å². The molecule has 0 heterocycles. The van der Waals surface area contributed by atoms with Crippen molar-refractivity contribution in [3.63, 3.8) is 0 Å². The third-order valence-electron chi connectivity index (χ3n) is 4.33. The molecule has 0 aliphatic carbocycles. The lowest BCUT2D eigenvalue weighted by molar-refractivity contribution is 0.0955. The van der Waals surface area contributed by atoms with E-state index < -0.39 is 0 Å². The normalized spacial score (nSPS) is 11.3. The smallest absolute Gasteiger partial charge is 0.271 e. The second-order valence-corrected chi connectivity index (χ2v) is 8.83. The molecule has 0 spiro atoms. The van der Waals surface area contributed by atoms with Crippen molar-refractivity contribution in [1.82, 2.24) is 5.43 Å². The van der Waals surface area contributed by atoms with Crippen molar-refractivity contribution < 1.29 is 9.53 Å². The van der Waals surface area contributed by atoms with E-state index in [0.717, 1.165) is 31.4 Å². The Balaban J connectivity index is 1.60. The maximum atomic E-state index is 12.4. The van der Waals surface area contributed by atoms with Gasteiger partial charge in [0.2, 0.25) is 0 Å². The van der Waals surface area contributed by atoms with Crippen LogP contribution < -0.4 is 10.2 Å². The predicted octanol–water partition coefficient (Wildman–Crippen LogP) is 6.91. The fraction of sp³-hybridized carbons (Fsp3) is 0.130. The molecule has 0 bridgehead atoms. The molecule has 154 valence electrons. The molecule has 0 aliphatic heterocycles. The highest BCUT2D eigenvalue weighted by Crippen LogP contribution is 2.35. The molecule has 0 aliphatic rings. The van der Waals surface area contributed by atoms with E-state index in [2.05, 4.69) is 42.4 Å². The van der Waals surface area contributed by atoms with Crippen molar-refractivity contribution >= 4 is 55.1 Å². The highest BCUT2D eigenvalue weighted by atomic mass is 79.9. The van der Waals surface area contributed by atoms with E-state index in [9.17, 15) is 4.79 Å². The highest BCUT2D eigenvalue weighted by Gasteiger charge is 2.09. The predicted molar refractivity (Wildman–Crippen MR) is 128 cm³/mol. The summed E-state index contributed by atoms with van der Waals surface area (Å²) in [6, 6.07) is 18.5. The van der Waals surface area contributed by atoms with Gasteiger partial charge < -0.3 is 4.74 Å². The highest BCUT2D eigenvalue weighted by molar-refractivity contribution is 9.11. The molecule has 3 rings (SSSR count). The summed E-state index contributed by atoms with van der Waals surface area (Å²) in [5.41, 5.74) is 6.76. The zero-order chi connectivity index (χ0) is 21.7. The van der Waals surface area contributed by atoms with Gasteiger partial charge in [-0.25, -0.2) is 5.43 Å². The molecule has 30 heavy (non-hydrogen) atoms. The number of hydrogen-bond acceptors (Lipinski definition) is 3. The molecule has 1 N–H and O–H groups in total. The van der Waals surface area contributed by atoms with Crippen LogP contribution in [-0.4, -0.2) is 11.6 Å². The Morgan fingerprint density at radius 2 is 1.57 bits per heavy atom. The Labute approximate surface area is 197 Å². The number of rotatable bonds is 6. The SMILES string of the molecule is C/C(=N\NC(=O)c1ccc(COc2c(Br)cc(C)cc2Br)cc1)c1ccc(Cl)cc1. The summed E-state index contributed by atoms with van der Waals surface area (Å²) in [6.07, 6.45) is 0. The number of nitrogens with one attached hydrogen (secondary N) is 1. The van der Waals surface area contributed by atoms with Gasteiger partial charge in [0.15, 0.2) is 0 Å². The van der Waals surface area contributed by atoms with Gasteiger partial charge in [0, 0.05) is 10.6 Å². The first-order valence-corrected chi connectivity index (χ1v) is 11.1. The van der Waals surface area contributed by atoms with Crippen LogP contribution in [0.15, 0.2) is 74.7 Å². The van der Waals surface area contributed by atoms with E-state index >= 15 is 0 Å². The van der Waals surface area contributed by atoms with Gasteiger partial charge in [-0.05, 0) is 98.8 Å². The molecule has 3 aromatic rings. The summed E-state index contributed by atoms with van der Waals surface area (Å²) >= 11 is 12.9. The van der Waals surface area contributed by atoms with E-state index in [-0.39, 0.29) is 5.91 Å². The summed E-state index contributed by atoms with van der Waals surface area (Å²) in [4.78, 5) is 12.4. The van der Waals surface area contributed by atoms with Crippen molar-refractivity contribution in [1.29, 1.82) is 0 Å². The molecule has 0 fully saturated rings. The summed E-state index contributed by atoms with van der Waals surface area (Å²) in [6.45, 7) is 4.23. The molecule has 0 saturated carbocycles. The van der Waals surface area contributed by atoms with Crippen molar-refractivity contribution in [2.24, 2.45) is 5.10 Å².